The molecule has 308 valence electrons. The number of benzene rings is 9. The van der Waals surface area contributed by atoms with Crippen LogP contribution in [0.15, 0.2) is 249 Å². The zero-order valence-corrected chi connectivity index (χ0v) is 37.1. The Morgan fingerprint density at radius 1 is 0.369 bits per heavy atom. The third kappa shape index (κ3) is 5.95. The Bertz CT molecular complexity index is 3790. The topological polar surface area (TPSA) is 14.8 Å². The van der Waals surface area contributed by atoms with E-state index in [1.807, 2.05) is 19.1 Å². The summed E-state index contributed by atoms with van der Waals surface area (Å²) in [5, 5.41) is 12.8. The van der Waals surface area contributed by atoms with Gasteiger partial charge in [0, 0.05) is 49.4 Å². The van der Waals surface area contributed by atoms with Crippen LogP contribution in [-0.2, 0) is 0 Å². The second-order valence-corrected chi connectivity index (χ2v) is 20.7. The molecule has 0 bridgehead atoms. The Labute approximate surface area is 379 Å². The molecule has 0 saturated carbocycles. The van der Waals surface area contributed by atoms with Gasteiger partial charge in [-0.1, -0.05) is 183 Å². The number of fused-ring (bicyclic) bond motifs is 9. The average Bonchev–Trinajstić information content (AvgIpc) is 4.00. The Kier molecular flexibility index (Phi) is 9.21. The minimum atomic E-state index is -2.93. The van der Waals surface area contributed by atoms with Crippen LogP contribution in [0.5, 0.6) is 0 Å². The fourth-order valence-electron chi connectivity index (χ4n) is 10.7. The molecule has 0 atom stereocenters. The van der Waals surface area contributed by atoms with Gasteiger partial charge >= 0.3 is 0 Å². The maximum atomic E-state index is 4.54. The first kappa shape index (κ1) is 38.5. The number of hydrogen-bond acceptors (Lipinski definition) is 0. The van der Waals surface area contributed by atoms with E-state index in [1.54, 1.807) is 0 Å². The number of allylic oxidation sites excluding steroid dienone is 5. The van der Waals surface area contributed by atoms with E-state index >= 15 is 0 Å². The van der Waals surface area contributed by atoms with Crippen molar-refractivity contribution in [2.75, 3.05) is 0 Å². The molecular weight excluding hydrogens is 803 g/mol. The zero-order chi connectivity index (χ0) is 43.5. The van der Waals surface area contributed by atoms with E-state index in [0.29, 0.717) is 0 Å². The van der Waals surface area contributed by atoms with E-state index in [0.717, 1.165) is 28.1 Å². The van der Waals surface area contributed by atoms with Crippen molar-refractivity contribution in [2.24, 2.45) is 0 Å². The second kappa shape index (κ2) is 15.6. The summed E-state index contributed by atoms with van der Waals surface area (Å²) in [4.78, 5) is 0. The summed E-state index contributed by atoms with van der Waals surface area (Å²) < 4.78 is 7.18. The van der Waals surface area contributed by atoms with Gasteiger partial charge in [-0.25, -0.2) is 0 Å². The summed E-state index contributed by atoms with van der Waals surface area (Å²) in [6, 6.07) is 81.2. The van der Waals surface area contributed by atoms with Crippen LogP contribution in [-0.4, -0.2) is 21.8 Å². The van der Waals surface area contributed by atoms with Crippen molar-refractivity contribution >= 4 is 99.9 Å². The molecule has 0 unspecified atom stereocenters. The first-order valence-electron chi connectivity index (χ1n) is 22.4. The number of nitrogens with zero attached hydrogens (tertiary/aromatic N) is 3. The van der Waals surface area contributed by atoms with E-state index < -0.39 is 8.07 Å². The normalized spacial score (nSPS) is 12.3. The van der Waals surface area contributed by atoms with Crippen LogP contribution >= 0.6 is 0 Å². The van der Waals surface area contributed by atoms with E-state index in [2.05, 4.69) is 251 Å². The highest BCUT2D eigenvalue weighted by atomic mass is 28.3. The van der Waals surface area contributed by atoms with Gasteiger partial charge in [0.2, 0.25) is 0 Å². The van der Waals surface area contributed by atoms with E-state index in [-0.39, 0.29) is 0 Å². The van der Waals surface area contributed by atoms with E-state index in [4.69, 9.17) is 0 Å². The molecule has 0 aliphatic rings. The maximum absolute atomic E-state index is 4.54. The highest BCUT2D eigenvalue weighted by molar-refractivity contribution is 7.20. The molecule has 9 aromatic carbocycles. The van der Waals surface area contributed by atoms with Crippen molar-refractivity contribution in [3.63, 3.8) is 0 Å². The minimum Gasteiger partial charge on any atom is -0.310 e. The lowest BCUT2D eigenvalue weighted by Gasteiger charge is -2.34. The zero-order valence-electron chi connectivity index (χ0n) is 36.1. The van der Waals surface area contributed by atoms with Gasteiger partial charge in [-0.15, -0.1) is 0 Å². The van der Waals surface area contributed by atoms with Crippen molar-refractivity contribution in [3.8, 4) is 11.4 Å². The number of para-hydroxylation sites is 4. The van der Waals surface area contributed by atoms with Crippen molar-refractivity contribution in [1.82, 2.24) is 13.7 Å². The first-order valence-corrected chi connectivity index (χ1v) is 24.4. The molecule has 0 amide bonds. The molecule has 65 heavy (non-hydrogen) atoms. The molecule has 0 spiro atoms. The smallest absolute Gasteiger partial charge is 0.179 e. The summed E-state index contributed by atoms with van der Waals surface area (Å²) in [5.41, 5.74) is 10.3. The lowest BCUT2D eigenvalue weighted by atomic mass is 10.1. The van der Waals surface area contributed by atoms with Crippen molar-refractivity contribution in [3.05, 3.63) is 249 Å². The fraction of sp³-hybridized carbons (Fsp3) is 0.0164. The van der Waals surface area contributed by atoms with Gasteiger partial charge in [0.1, 0.15) is 0 Å². The van der Waals surface area contributed by atoms with Crippen molar-refractivity contribution in [2.45, 2.75) is 6.92 Å². The SMILES string of the molecule is C=C(/C=C\C=C/C)n1c2ccccc2c2cc([Si](c3ccccc3)(c3ccccc3)c3ccc(-n4c5ccccc5c5cc6c(cc54)c4ccccc4n6-c4ccccc4)cc3)ccc21. The molecule has 4 heteroatoms. The van der Waals surface area contributed by atoms with Gasteiger partial charge in [0.25, 0.3) is 0 Å². The highest BCUT2D eigenvalue weighted by Gasteiger charge is 2.42. The number of rotatable bonds is 9. The van der Waals surface area contributed by atoms with Crippen LogP contribution in [0.25, 0.3) is 82.5 Å². The van der Waals surface area contributed by atoms with E-state index in [9.17, 15) is 0 Å². The Morgan fingerprint density at radius 2 is 0.785 bits per heavy atom. The molecule has 3 nitrogen and oxygen atoms in total. The molecule has 3 aromatic heterocycles. The van der Waals surface area contributed by atoms with Gasteiger partial charge in [-0.2, -0.15) is 0 Å². The molecule has 0 aliphatic heterocycles. The monoisotopic (exact) mass is 847 g/mol. The predicted molar refractivity (Wildman–Crippen MR) is 281 cm³/mol. The number of hydrogen-bond donors (Lipinski definition) is 0. The second-order valence-electron chi connectivity index (χ2n) is 16.9. The molecule has 0 N–H and O–H groups in total. The predicted octanol–water partition coefficient (Wildman–Crippen LogP) is 13.0. The van der Waals surface area contributed by atoms with Crippen LogP contribution in [0, 0.1) is 0 Å². The lowest BCUT2D eigenvalue weighted by Crippen LogP contribution is -2.74. The molecule has 12 aromatic rings. The van der Waals surface area contributed by atoms with Crippen LogP contribution in [0.3, 0.4) is 0 Å². The quantitative estimate of drug-likeness (QED) is 0.0781. The first-order chi connectivity index (χ1) is 32.1. The van der Waals surface area contributed by atoms with Gasteiger partial charge in [-0.05, 0) is 94.4 Å². The largest absolute Gasteiger partial charge is 0.310 e. The molecule has 12 rings (SSSR count). The van der Waals surface area contributed by atoms with Crippen LogP contribution < -0.4 is 20.7 Å². The molecular formula is C61H45N3Si. The molecule has 0 saturated heterocycles. The fourth-order valence-corrected chi connectivity index (χ4v) is 15.4. The minimum absolute atomic E-state index is 0.931. The molecule has 0 aliphatic carbocycles. The Morgan fingerprint density at radius 3 is 1.34 bits per heavy atom. The van der Waals surface area contributed by atoms with Gasteiger partial charge in [0.15, 0.2) is 8.07 Å². The average molecular weight is 848 g/mol. The third-order valence-electron chi connectivity index (χ3n) is 13.4. The Balaban J connectivity index is 1.09. The maximum Gasteiger partial charge on any atom is 0.179 e. The highest BCUT2D eigenvalue weighted by Crippen LogP contribution is 2.40. The third-order valence-corrected chi connectivity index (χ3v) is 18.2. The summed E-state index contributed by atoms with van der Waals surface area (Å²) in [5.74, 6) is 0. The van der Waals surface area contributed by atoms with Crippen LogP contribution in [0.1, 0.15) is 6.92 Å². The van der Waals surface area contributed by atoms with Crippen LogP contribution in [0.4, 0.5) is 0 Å². The van der Waals surface area contributed by atoms with E-state index in [1.165, 1.54) is 75.1 Å². The lowest BCUT2D eigenvalue weighted by molar-refractivity contribution is 1.17. The van der Waals surface area contributed by atoms with Crippen LogP contribution in [0.2, 0.25) is 0 Å². The summed E-state index contributed by atoms with van der Waals surface area (Å²) in [7, 11) is -2.93. The summed E-state index contributed by atoms with van der Waals surface area (Å²) >= 11 is 0. The van der Waals surface area contributed by atoms with Gasteiger partial charge in [0.05, 0.1) is 33.1 Å². The standard InChI is InChI=1S/C61H45N3Si/c1-3-4-8-21-43(2)62-56-31-18-15-28-50(56)53-40-49(38-39-59(53)62)65(46-24-11-6-12-25-46,47-26-13-7-14-27-47)48-36-34-45(35-37-48)64-58-33-20-17-30-52(58)55-41-60-54(42-61(55)64)51-29-16-19-32-57(51)63(60)44-22-9-5-10-23-44/h3-42H,2H2,1H3/b4-3-,21-8-. The Hall–Kier alpha value is -8.18. The van der Waals surface area contributed by atoms with Gasteiger partial charge < -0.3 is 13.7 Å². The van der Waals surface area contributed by atoms with Crippen molar-refractivity contribution in [1.29, 1.82) is 0 Å². The summed E-state index contributed by atoms with van der Waals surface area (Å²) in [6.07, 6.45) is 8.25. The number of aromatic nitrogens is 3. The molecule has 0 fully saturated rings. The molecule has 3 heterocycles. The summed E-state index contributed by atoms with van der Waals surface area (Å²) in [6.45, 7) is 6.57. The van der Waals surface area contributed by atoms with Gasteiger partial charge in [-0.3, -0.25) is 0 Å². The van der Waals surface area contributed by atoms with Crippen molar-refractivity contribution < 1.29 is 0 Å². The molecule has 0 radical (unpaired) electrons.